The Kier molecular flexibility index (Phi) is 5.90. The summed E-state index contributed by atoms with van der Waals surface area (Å²) in [6.07, 6.45) is 1.55. The molecule has 3 heterocycles. The highest BCUT2D eigenvalue weighted by atomic mass is 32.2. The predicted octanol–water partition coefficient (Wildman–Crippen LogP) is -1.24. The van der Waals surface area contributed by atoms with Gasteiger partial charge in [-0.05, 0) is 0 Å². The number of likely N-dealkylation sites (N-methyl/N-ethyl adjacent to an activating group) is 1. The highest BCUT2D eigenvalue weighted by molar-refractivity contribution is 7.88. The van der Waals surface area contributed by atoms with Crippen molar-refractivity contribution in [3.05, 3.63) is 11.7 Å². The minimum atomic E-state index is -3.21. The van der Waals surface area contributed by atoms with E-state index in [1.807, 2.05) is 0 Å². The average molecular weight is 387 g/mol. The molecular weight excluding hydrogens is 362 g/mol. The lowest BCUT2D eigenvalue weighted by molar-refractivity contribution is -0.138. The fourth-order valence-electron chi connectivity index (χ4n) is 2.85. The van der Waals surface area contributed by atoms with Gasteiger partial charge in [-0.1, -0.05) is 5.16 Å². The second kappa shape index (κ2) is 7.99. The van der Waals surface area contributed by atoms with E-state index in [0.29, 0.717) is 57.5 Å². The molecular formula is C15H25N5O5S. The molecule has 10 nitrogen and oxygen atoms in total. The summed E-state index contributed by atoms with van der Waals surface area (Å²) < 4.78 is 34.6. The number of carbonyl (C=O) groups excluding carboxylic acids is 1. The van der Waals surface area contributed by atoms with Crippen LogP contribution in [0, 0.1) is 0 Å². The monoisotopic (exact) mass is 387 g/mol. The molecule has 0 aliphatic carbocycles. The SMILES string of the molecule is CN(CCc1noc(C2CN(C(=O)CN3CCOCC3)C2)n1)S(C)(=O)=O. The van der Waals surface area contributed by atoms with Crippen LogP contribution in [-0.4, -0.2) is 104 Å². The van der Waals surface area contributed by atoms with Crippen molar-refractivity contribution in [2.24, 2.45) is 0 Å². The third-order valence-corrected chi connectivity index (χ3v) is 6.06. The highest BCUT2D eigenvalue weighted by Gasteiger charge is 2.36. The number of morpholine rings is 1. The third-order valence-electron chi connectivity index (χ3n) is 4.75. The summed E-state index contributed by atoms with van der Waals surface area (Å²) in [5, 5.41) is 3.90. The zero-order valence-corrected chi connectivity index (χ0v) is 15.9. The van der Waals surface area contributed by atoms with Crippen LogP contribution in [0.4, 0.5) is 0 Å². The molecule has 2 aliphatic heterocycles. The zero-order valence-electron chi connectivity index (χ0n) is 15.1. The molecule has 0 unspecified atom stereocenters. The van der Waals surface area contributed by atoms with Crippen LogP contribution < -0.4 is 0 Å². The van der Waals surface area contributed by atoms with Gasteiger partial charge in [0.15, 0.2) is 5.82 Å². The lowest BCUT2D eigenvalue weighted by atomic mass is 10.00. The molecule has 0 radical (unpaired) electrons. The topological polar surface area (TPSA) is 109 Å². The number of likely N-dealkylation sites (tertiary alicyclic amines) is 1. The molecule has 11 heteroatoms. The Bertz CT molecular complexity index is 725. The second-order valence-electron chi connectivity index (χ2n) is 6.77. The molecule has 1 aromatic rings. The quantitative estimate of drug-likeness (QED) is 0.572. The molecule has 146 valence electrons. The van der Waals surface area contributed by atoms with Crippen LogP contribution in [0.25, 0.3) is 0 Å². The maximum Gasteiger partial charge on any atom is 0.236 e. The molecule has 1 amide bonds. The molecule has 26 heavy (non-hydrogen) atoms. The lowest BCUT2D eigenvalue weighted by Gasteiger charge is -2.38. The fraction of sp³-hybridized carbons (Fsp3) is 0.800. The smallest absolute Gasteiger partial charge is 0.236 e. The Labute approximate surface area is 153 Å². The number of carbonyl (C=O) groups is 1. The molecule has 2 saturated heterocycles. The Hall–Kier alpha value is -1.56. The number of aromatic nitrogens is 2. The van der Waals surface area contributed by atoms with Crippen molar-refractivity contribution in [3.63, 3.8) is 0 Å². The fourth-order valence-corrected chi connectivity index (χ4v) is 3.27. The van der Waals surface area contributed by atoms with Crippen molar-refractivity contribution in [2.45, 2.75) is 12.3 Å². The van der Waals surface area contributed by atoms with Gasteiger partial charge in [-0.2, -0.15) is 4.98 Å². The summed E-state index contributed by atoms with van der Waals surface area (Å²) in [5.74, 6) is 1.15. The lowest BCUT2D eigenvalue weighted by Crippen LogP contribution is -2.53. The first kappa shape index (κ1) is 19.2. The second-order valence-corrected chi connectivity index (χ2v) is 8.86. The molecule has 3 rings (SSSR count). The Morgan fingerprint density at radius 3 is 2.65 bits per heavy atom. The van der Waals surface area contributed by atoms with Crippen LogP contribution in [-0.2, 0) is 26.0 Å². The number of rotatable bonds is 7. The first-order valence-corrected chi connectivity index (χ1v) is 10.5. The van der Waals surface area contributed by atoms with Gasteiger partial charge in [-0.3, -0.25) is 9.69 Å². The molecule has 2 fully saturated rings. The van der Waals surface area contributed by atoms with Crippen LogP contribution in [0.5, 0.6) is 0 Å². The maximum absolute atomic E-state index is 12.3. The van der Waals surface area contributed by atoms with Gasteiger partial charge in [0, 0.05) is 46.2 Å². The molecule has 0 saturated carbocycles. The van der Waals surface area contributed by atoms with E-state index in [1.54, 1.807) is 4.90 Å². The third kappa shape index (κ3) is 4.78. The van der Waals surface area contributed by atoms with Crippen molar-refractivity contribution in [1.29, 1.82) is 0 Å². The number of nitrogens with zero attached hydrogens (tertiary/aromatic N) is 5. The standard InChI is InChI=1S/C15H25N5O5S/c1-18(26(2,22)23)4-3-13-16-15(25-17-13)12-9-20(10-12)14(21)11-19-5-7-24-8-6-19/h12H,3-11H2,1-2H3. The molecule has 0 bridgehead atoms. The van der Waals surface area contributed by atoms with E-state index in [-0.39, 0.29) is 11.8 Å². The van der Waals surface area contributed by atoms with Crippen LogP contribution in [0.1, 0.15) is 17.6 Å². The van der Waals surface area contributed by atoms with E-state index >= 15 is 0 Å². The van der Waals surface area contributed by atoms with E-state index in [4.69, 9.17) is 9.26 Å². The summed E-state index contributed by atoms with van der Waals surface area (Å²) in [6.45, 7) is 4.80. The normalized spacial score (nSPS) is 19.7. The van der Waals surface area contributed by atoms with E-state index in [9.17, 15) is 13.2 Å². The summed E-state index contributed by atoms with van der Waals surface area (Å²) >= 11 is 0. The van der Waals surface area contributed by atoms with Crippen LogP contribution in [0.3, 0.4) is 0 Å². The van der Waals surface area contributed by atoms with E-state index in [2.05, 4.69) is 15.0 Å². The largest absolute Gasteiger partial charge is 0.379 e. The molecule has 2 aliphatic rings. The Morgan fingerprint density at radius 2 is 2.00 bits per heavy atom. The van der Waals surface area contributed by atoms with Gasteiger partial charge in [0.2, 0.25) is 21.8 Å². The summed E-state index contributed by atoms with van der Waals surface area (Å²) in [6, 6.07) is 0. The summed E-state index contributed by atoms with van der Waals surface area (Å²) in [7, 11) is -1.70. The van der Waals surface area contributed by atoms with Crippen molar-refractivity contribution in [3.8, 4) is 0 Å². The van der Waals surface area contributed by atoms with Crippen molar-refractivity contribution in [2.75, 3.05) is 65.8 Å². The molecule has 0 aromatic carbocycles. The first-order chi connectivity index (χ1) is 12.3. The number of sulfonamides is 1. The van der Waals surface area contributed by atoms with Gasteiger partial charge in [0.25, 0.3) is 0 Å². The van der Waals surface area contributed by atoms with E-state index in [1.165, 1.54) is 11.4 Å². The summed E-state index contributed by atoms with van der Waals surface area (Å²) in [4.78, 5) is 20.5. The number of hydrogen-bond donors (Lipinski definition) is 0. The van der Waals surface area contributed by atoms with Crippen LogP contribution in [0.2, 0.25) is 0 Å². The molecule has 0 atom stereocenters. The Morgan fingerprint density at radius 1 is 1.31 bits per heavy atom. The maximum atomic E-state index is 12.3. The van der Waals surface area contributed by atoms with Gasteiger partial charge in [0.1, 0.15) is 0 Å². The highest BCUT2D eigenvalue weighted by Crippen LogP contribution is 2.26. The van der Waals surface area contributed by atoms with Gasteiger partial charge in [0.05, 0.1) is 31.9 Å². The van der Waals surface area contributed by atoms with E-state index < -0.39 is 10.0 Å². The molecule has 1 aromatic heterocycles. The van der Waals surface area contributed by atoms with Crippen molar-refractivity contribution in [1.82, 2.24) is 24.2 Å². The molecule has 0 N–H and O–H groups in total. The number of hydrogen-bond acceptors (Lipinski definition) is 8. The number of amides is 1. The van der Waals surface area contributed by atoms with E-state index in [0.717, 1.165) is 19.3 Å². The van der Waals surface area contributed by atoms with Crippen molar-refractivity contribution >= 4 is 15.9 Å². The van der Waals surface area contributed by atoms with Gasteiger partial charge in [-0.15, -0.1) is 0 Å². The zero-order chi connectivity index (χ0) is 18.7. The minimum Gasteiger partial charge on any atom is -0.379 e. The average Bonchev–Trinajstić information content (AvgIpc) is 2.99. The van der Waals surface area contributed by atoms with Gasteiger partial charge < -0.3 is 14.2 Å². The Balaban J connectivity index is 1.43. The van der Waals surface area contributed by atoms with Crippen LogP contribution in [0.15, 0.2) is 4.52 Å². The van der Waals surface area contributed by atoms with Gasteiger partial charge >= 0.3 is 0 Å². The molecule has 0 spiro atoms. The first-order valence-electron chi connectivity index (χ1n) is 8.64. The van der Waals surface area contributed by atoms with Gasteiger partial charge in [-0.25, -0.2) is 12.7 Å². The minimum absolute atomic E-state index is 0.0533. The number of ether oxygens (including phenoxy) is 1. The van der Waals surface area contributed by atoms with Crippen LogP contribution >= 0.6 is 0 Å². The summed E-state index contributed by atoms with van der Waals surface area (Å²) in [5.41, 5.74) is 0. The predicted molar refractivity (Wildman–Crippen MR) is 92.1 cm³/mol. The van der Waals surface area contributed by atoms with Crippen molar-refractivity contribution < 1.29 is 22.5 Å².